The lowest BCUT2D eigenvalue weighted by atomic mass is 10.2. The minimum atomic E-state index is -1.07. The topological polar surface area (TPSA) is 81.3 Å². The summed E-state index contributed by atoms with van der Waals surface area (Å²) in [5, 5.41) is 0. The molecule has 1 N–H and O–H groups in total. The molecule has 21 heavy (non-hydrogen) atoms. The van der Waals surface area contributed by atoms with Crippen molar-refractivity contribution in [2.75, 3.05) is 6.61 Å². The van der Waals surface area contributed by atoms with Crippen LogP contribution in [0.5, 0.6) is 5.75 Å². The van der Waals surface area contributed by atoms with Crippen molar-refractivity contribution in [2.24, 2.45) is 0 Å². The zero-order chi connectivity index (χ0) is 15.4. The van der Waals surface area contributed by atoms with Gasteiger partial charge in [0.05, 0.1) is 12.8 Å². The van der Waals surface area contributed by atoms with Gasteiger partial charge in [-0.15, -0.1) is 0 Å². The molecule has 0 amide bonds. The Hall–Kier alpha value is -2.77. The van der Waals surface area contributed by atoms with E-state index in [-0.39, 0.29) is 23.7 Å². The fourth-order valence-corrected chi connectivity index (χ4v) is 1.48. The molecule has 0 aliphatic rings. The molecule has 0 atom stereocenters. The molecular formula is C13H10F2N2O4. The normalized spacial score (nSPS) is 10.2. The van der Waals surface area contributed by atoms with Gasteiger partial charge in [0, 0.05) is 5.56 Å². The fourth-order valence-electron chi connectivity index (χ4n) is 1.48. The largest absolute Gasteiger partial charge is 0.514 e. The highest BCUT2D eigenvalue weighted by atomic mass is 19.2. The SMILES string of the molecule is CCOC(=O)Oc1cnc(-c2ccc(F)c(F)c2)[nH]c1=O. The van der Waals surface area contributed by atoms with Gasteiger partial charge in [0.2, 0.25) is 5.75 Å². The van der Waals surface area contributed by atoms with Crippen LogP contribution in [0.3, 0.4) is 0 Å². The molecule has 1 aromatic carbocycles. The first-order chi connectivity index (χ1) is 10.0. The summed E-state index contributed by atoms with van der Waals surface area (Å²) in [6.07, 6.45) is -0.0443. The van der Waals surface area contributed by atoms with E-state index in [0.29, 0.717) is 0 Å². The van der Waals surface area contributed by atoms with Gasteiger partial charge in [-0.2, -0.15) is 0 Å². The van der Waals surface area contributed by atoms with Crippen molar-refractivity contribution in [1.29, 1.82) is 0 Å². The molecule has 0 bridgehead atoms. The zero-order valence-electron chi connectivity index (χ0n) is 10.9. The molecule has 0 aliphatic carbocycles. The van der Waals surface area contributed by atoms with Crippen LogP contribution in [0.15, 0.2) is 29.2 Å². The molecular weight excluding hydrogens is 286 g/mol. The number of hydrogen-bond acceptors (Lipinski definition) is 5. The first kappa shape index (κ1) is 14.6. The van der Waals surface area contributed by atoms with Crippen LogP contribution >= 0.6 is 0 Å². The Labute approximate surface area is 117 Å². The molecule has 1 aromatic heterocycles. The number of H-pyrrole nitrogens is 1. The Morgan fingerprint density at radius 2 is 2.10 bits per heavy atom. The van der Waals surface area contributed by atoms with E-state index in [0.717, 1.165) is 18.3 Å². The van der Waals surface area contributed by atoms with E-state index in [1.165, 1.54) is 6.07 Å². The molecule has 1 heterocycles. The van der Waals surface area contributed by atoms with Crippen molar-refractivity contribution in [3.05, 3.63) is 46.4 Å². The zero-order valence-corrected chi connectivity index (χ0v) is 10.9. The third-order valence-corrected chi connectivity index (χ3v) is 2.42. The second kappa shape index (κ2) is 6.12. The lowest BCUT2D eigenvalue weighted by molar-refractivity contribution is 0.103. The number of ether oxygens (including phenoxy) is 2. The number of halogens is 2. The number of nitrogens with zero attached hydrogens (tertiary/aromatic N) is 1. The van der Waals surface area contributed by atoms with Crippen LogP contribution in [0.4, 0.5) is 13.6 Å². The molecule has 2 aromatic rings. The number of hydrogen-bond donors (Lipinski definition) is 1. The summed E-state index contributed by atoms with van der Waals surface area (Å²) < 4.78 is 35.1. The number of benzene rings is 1. The average Bonchev–Trinajstić information content (AvgIpc) is 2.44. The highest BCUT2D eigenvalue weighted by Crippen LogP contribution is 2.17. The van der Waals surface area contributed by atoms with Crippen LogP contribution in [-0.2, 0) is 4.74 Å². The lowest BCUT2D eigenvalue weighted by Crippen LogP contribution is -2.18. The third kappa shape index (κ3) is 3.41. The number of aromatic nitrogens is 2. The molecule has 0 unspecified atom stereocenters. The van der Waals surface area contributed by atoms with Crippen LogP contribution in [0.1, 0.15) is 6.92 Å². The van der Waals surface area contributed by atoms with Crippen molar-refractivity contribution in [3.8, 4) is 17.1 Å². The predicted octanol–water partition coefficient (Wildman–Crippen LogP) is 2.25. The molecule has 2 rings (SSSR count). The minimum absolute atomic E-state index is 0.00936. The summed E-state index contributed by atoms with van der Waals surface area (Å²) in [5.74, 6) is -2.43. The van der Waals surface area contributed by atoms with Crippen molar-refractivity contribution < 1.29 is 23.0 Å². The van der Waals surface area contributed by atoms with E-state index in [4.69, 9.17) is 0 Å². The van der Waals surface area contributed by atoms with Crippen LogP contribution in [0.2, 0.25) is 0 Å². The highest BCUT2D eigenvalue weighted by molar-refractivity contribution is 5.63. The van der Waals surface area contributed by atoms with E-state index < -0.39 is 23.3 Å². The molecule has 8 heteroatoms. The summed E-state index contributed by atoms with van der Waals surface area (Å²) in [6, 6.07) is 3.05. The quantitative estimate of drug-likeness (QED) is 0.878. The van der Waals surface area contributed by atoms with E-state index >= 15 is 0 Å². The number of nitrogens with one attached hydrogen (secondary N) is 1. The molecule has 0 radical (unpaired) electrons. The smallest absolute Gasteiger partial charge is 0.434 e. The van der Waals surface area contributed by atoms with Gasteiger partial charge in [-0.1, -0.05) is 0 Å². The highest BCUT2D eigenvalue weighted by Gasteiger charge is 2.12. The van der Waals surface area contributed by atoms with Crippen LogP contribution < -0.4 is 10.3 Å². The fraction of sp³-hybridized carbons (Fsp3) is 0.154. The predicted molar refractivity (Wildman–Crippen MR) is 67.9 cm³/mol. The average molecular weight is 296 g/mol. The molecule has 0 saturated heterocycles. The molecule has 6 nitrogen and oxygen atoms in total. The van der Waals surface area contributed by atoms with Crippen LogP contribution in [-0.4, -0.2) is 22.7 Å². The Morgan fingerprint density at radius 3 is 2.71 bits per heavy atom. The Morgan fingerprint density at radius 1 is 1.33 bits per heavy atom. The summed E-state index contributed by atoms with van der Waals surface area (Å²) >= 11 is 0. The summed E-state index contributed by atoms with van der Waals surface area (Å²) in [5.41, 5.74) is -0.577. The van der Waals surface area contributed by atoms with Gasteiger partial charge in [-0.25, -0.2) is 18.6 Å². The number of carbonyl (C=O) groups is 1. The second-order valence-corrected chi connectivity index (χ2v) is 3.84. The summed E-state index contributed by atoms with van der Waals surface area (Å²) in [7, 11) is 0. The first-order valence-corrected chi connectivity index (χ1v) is 5.90. The maximum atomic E-state index is 13.1. The molecule has 0 saturated carbocycles. The first-order valence-electron chi connectivity index (χ1n) is 5.90. The van der Waals surface area contributed by atoms with Crippen molar-refractivity contribution in [1.82, 2.24) is 9.97 Å². The number of carbonyl (C=O) groups excluding carboxylic acids is 1. The lowest BCUT2D eigenvalue weighted by Gasteiger charge is -2.05. The number of rotatable bonds is 3. The van der Waals surface area contributed by atoms with Gasteiger partial charge in [-0.3, -0.25) is 4.79 Å². The van der Waals surface area contributed by atoms with E-state index in [9.17, 15) is 18.4 Å². The third-order valence-electron chi connectivity index (χ3n) is 2.42. The van der Waals surface area contributed by atoms with Crippen molar-refractivity contribution in [3.63, 3.8) is 0 Å². The van der Waals surface area contributed by atoms with E-state index in [1.54, 1.807) is 6.92 Å². The van der Waals surface area contributed by atoms with Crippen LogP contribution in [0, 0.1) is 11.6 Å². The Bertz CT molecular complexity index is 730. The Kier molecular flexibility index (Phi) is 4.27. The van der Waals surface area contributed by atoms with Gasteiger partial charge in [-0.05, 0) is 25.1 Å². The van der Waals surface area contributed by atoms with Gasteiger partial charge >= 0.3 is 6.16 Å². The molecule has 0 spiro atoms. The summed E-state index contributed by atoms with van der Waals surface area (Å²) in [4.78, 5) is 28.9. The maximum absolute atomic E-state index is 13.1. The van der Waals surface area contributed by atoms with Gasteiger partial charge < -0.3 is 14.5 Å². The van der Waals surface area contributed by atoms with E-state index in [1.807, 2.05) is 0 Å². The van der Waals surface area contributed by atoms with Crippen molar-refractivity contribution >= 4 is 6.16 Å². The monoisotopic (exact) mass is 296 g/mol. The van der Waals surface area contributed by atoms with Crippen LogP contribution in [0.25, 0.3) is 11.4 Å². The van der Waals surface area contributed by atoms with Gasteiger partial charge in [0.15, 0.2) is 11.6 Å². The van der Waals surface area contributed by atoms with Gasteiger partial charge in [0.25, 0.3) is 5.56 Å². The van der Waals surface area contributed by atoms with Crippen molar-refractivity contribution in [2.45, 2.75) is 6.92 Å². The molecule has 0 fully saturated rings. The summed E-state index contributed by atoms with van der Waals surface area (Å²) in [6.45, 7) is 1.67. The molecule has 110 valence electrons. The standard InChI is InChI=1S/C13H10F2N2O4/c1-2-20-13(19)21-10-6-16-11(17-12(10)18)7-3-4-8(14)9(15)5-7/h3-6H,2H2,1H3,(H,16,17,18). The maximum Gasteiger partial charge on any atom is 0.514 e. The number of aromatic amines is 1. The minimum Gasteiger partial charge on any atom is -0.434 e. The van der Waals surface area contributed by atoms with E-state index in [2.05, 4.69) is 19.4 Å². The molecule has 0 aliphatic heterocycles. The Balaban J connectivity index is 2.28. The van der Waals surface area contributed by atoms with Gasteiger partial charge in [0.1, 0.15) is 5.82 Å². The second-order valence-electron chi connectivity index (χ2n) is 3.84.